The first-order valence-corrected chi connectivity index (χ1v) is 8.92. The van der Waals surface area contributed by atoms with Gasteiger partial charge in [-0.1, -0.05) is 11.6 Å². The molecule has 4 nitrogen and oxygen atoms in total. The van der Waals surface area contributed by atoms with Crippen molar-refractivity contribution in [3.8, 4) is 5.75 Å². The van der Waals surface area contributed by atoms with Crippen LogP contribution in [0.2, 0.25) is 5.02 Å². The second-order valence-electron chi connectivity index (χ2n) is 8.40. The van der Waals surface area contributed by atoms with Crippen LogP contribution in [0.1, 0.15) is 50.4 Å². The summed E-state index contributed by atoms with van der Waals surface area (Å²) in [6.07, 6.45) is 2.14. The minimum atomic E-state index is -0.511. The molecule has 0 unspecified atom stereocenters. The van der Waals surface area contributed by atoms with Gasteiger partial charge in [0.25, 0.3) is 0 Å². The van der Waals surface area contributed by atoms with Crippen LogP contribution in [0.5, 0.6) is 5.75 Å². The molecule has 0 saturated heterocycles. The van der Waals surface area contributed by atoms with E-state index >= 15 is 0 Å². The topological polar surface area (TPSA) is 55.4 Å². The summed E-state index contributed by atoms with van der Waals surface area (Å²) < 4.78 is 6.31. The predicted octanol–water partition coefficient (Wildman–Crippen LogP) is 3.61. The van der Waals surface area contributed by atoms with Crippen molar-refractivity contribution in [3.63, 3.8) is 0 Å². The molecule has 1 aromatic carbocycles. The first-order chi connectivity index (χ1) is 11.2. The molecule has 5 heteroatoms. The molecule has 1 aromatic rings. The van der Waals surface area contributed by atoms with Gasteiger partial charge in [0.1, 0.15) is 11.4 Å². The average molecular weight is 348 g/mol. The van der Waals surface area contributed by atoms with Gasteiger partial charge in [-0.3, -0.25) is 9.59 Å². The maximum Gasteiger partial charge on any atom is 0.224 e. The average Bonchev–Trinajstić information content (AvgIpc) is 3.11. The summed E-state index contributed by atoms with van der Waals surface area (Å²) in [6.45, 7) is 5.96. The Kier molecular flexibility index (Phi) is 3.31. The monoisotopic (exact) mass is 347 g/mol. The van der Waals surface area contributed by atoms with E-state index in [9.17, 15) is 9.59 Å². The van der Waals surface area contributed by atoms with Crippen LogP contribution in [0.25, 0.3) is 0 Å². The number of ether oxygens (including phenoxy) is 1. The smallest absolute Gasteiger partial charge is 0.224 e. The van der Waals surface area contributed by atoms with E-state index in [1.807, 2.05) is 20.8 Å². The predicted molar refractivity (Wildman–Crippen MR) is 91.4 cm³/mol. The van der Waals surface area contributed by atoms with Crippen molar-refractivity contribution in [1.29, 1.82) is 0 Å². The van der Waals surface area contributed by atoms with Crippen LogP contribution in [0.3, 0.4) is 0 Å². The number of amides is 1. The molecule has 2 saturated carbocycles. The van der Waals surface area contributed by atoms with E-state index in [1.54, 1.807) is 18.2 Å². The quantitative estimate of drug-likeness (QED) is 0.844. The number of carbonyl (C=O) groups is 2. The number of fused-ring (bicyclic) bond motifs is 3. The van der Waals surface area contributed by atoms with E-state index in [-0.39, 0.29) is 29.1 Å². The van der Waals surface area contributed by atoms with E-state index in [4.69, 9.17) is 16.3 Å². The zero-order chi connectivity index (χ0) is 17.3. The molecule has 1 spiro atoms. The molecule has 24 heavy (non-hydrogen) atoms. The molecule has 0 aromatic heterocycles. The lowest BCUT2D eigenvalue weighted by Gasteiger charge is -2.37. The number of halogens is 1. The van der Waals surface area contributed by atoms with Crippen molar-refractivity contribution in [2.45, 2.75) is 51.2 Å². The summed E-state index contributed by atoms with van der Waals surface area (Å²) >= 11 is 6.00. The molecule has 1 amide bonds. The largest absolute Gasteiger partial charge is 0.486 e. The third kappa shape index (κ3) is 2.43. The minimum Gasteiger partial charge on any atom is -0.486 e. The van der Waals surface area contributed by atoms with Crippen molar-refractivity contribution in [1.82, 2.24) is 5.32 Å². The van der Waals surface area contributed by atoms with Crippen molar-refractivity contribution in [2.24, 2.45) is 17.8 Å². The Morgan fingerprint density at radius 2 is 2.12 bits per heavy atom. The zero-order valence-corrected chi connectivity index (χ0v) is 14.9. The molecule has 2 fully saturated rings. The van der Waals surface area contributed by atoms with E-state index in [2.05, 4.69) is 5.32 Å². The number of benzene rings is 1. The summed E-state index contributed by atoms with van der Waals surface area (Å²) in [7, 11) is 0. The zero-order valence-electron chi connectivity index (χ0n) is 14.2. The molecule has 2 aliphatic carbocycles. The summed E-state index contributed by atoms with van der Waals surface area (Å²) in [5.41, 5.74) is -0.191. The second-order valence-corrected chi connectivity index (χ2v) is 8.84. The maximum atomic E-state index is 12.6. The number of rotatable bonds is 1. The molecule has 1 aliphatic heterocycles. The van der Waals surface area contributed by atoms with Crippen LogP contribution in [-0.4, -0.2) is 22.8 Å². The van der Waals surface area contributed by atoms with Crippen LogP contribution in [0.4, 0.5) is 0 Å². The second kappa shape index (κ2) is 4.98. The van der Waals surface area contributed by atoms with Gasteiger partial charge in [0, 0.05) is 22.4 Å². The standard InChI is InChI=1S/C19H22ClNO3/c1-18(2,3)21-17(23)15-11-6-7-19(16(11)15)9-13(22)12-8-10(20)4-5-14(12)24-19/h4-5,8,11,15-16H,6-7,9H2,1-3H3,(H,21,23)/t11-,15+,16+,19-/m0/s1. The van der Waals surface area contributed by atoms with E-state index in [0.717, 1.165) is 12.8 Å². The lowest BCUT2D eigenvalue weighted by Crippen LogP contribution is -2.46. The number of hydrogen-bond acceptors (Lipinski definition) is 3. The fourth-order valence-corrected chi connectivity index (χ4v) is 4.77. The van der Waals surface area contributed by atoms with Gasteiger partial charge < -0.3 is 10.1 Å². The van der Waals surface area contributed by atoms with Crippen molar-refractivity contribution in [2.75, 3.05) is 0 Å². The fraction of sp³-hybridized carbons (Fsp3) is 0.579. The Bertz CT molecular complexity index is 739. The van der Waals surface area contributed by atoms with E-state index in [0.29, 0.717) is 28.7 Å². The van der Waals surface area contributed by atoms with Gasteiger partial charge in [-0.05, 0) is 57.7 Å². The molecule has 1 heterocycles. The number of nitrogens with one attached hydrogen (secondary N) is 1. The van der Waals surface area contributed by atoms with E-state index < -0.39 is 5.60 Å². The van der Waals surface area contributed by atoms with Gasteiger partial charge >= 0.3 is 0 Å². The van der Waals surface area contributed by atoms with Crippen molar-refractivity contribution < 1.29 is 14.3 Å². The third-order valence-corrected chi connectivity index (χ3v) is 5.73. The maximum absolute atomic E-state index is 12.6. The highest BCUT2D eigenvalue weighted by atomic mass is 35.5. The SMILES string of the molecule is CC(C)(C)NC(=O)[C@@H]1[C@@H]2CC[C@]3(CC(=O)c4cc(Cl)ccc4O3)[C@H]21. The summed E-state index contributed by atoms with van der Waals surface area (Å²) in [4.78, 5) is 25.2. The molecule has 4 rings (SSSR count). The van der Waals surface area contributed by atoms with Crippen LogP contribution in [0.15, 0.2) is 18.2 Å². The van der Waals surface area contributed by atoms with Crippen LogP contribution >= 0.6 is 11.6 Å². The molecule has 1 N–H and O–H groups in total. The Morgan fingerprint density at radius 3 is 2.83 bits per heavy atom. The Hall–Kier alpha value is -1.55. The summed E-state index contributed by atoms with van der Waals surface area (Å²) in [5, 5.41) is 3.61. The van der Waals surface area contributed by atoms with Gasteiger partial charge in [0.15, 0.2) is 5.78 Å². The van der Waals surface area contributed by atoms with Gasteiger partial charge in [0.05, 0.1) is 12.0 Å². The molecule has 0 bridgehead atoms. The van der Waals surface area contributed by atoms with Crippen molar-refractivity contribution in [3.05, 3.63) is 28.8 Å². The van der Waals surface area contributed by atoms with Crippen LogP contribution in [0, 0.1) is 17.8 Å². The third-order valence-electron chi connectivity index (χ3n) is 5.49. The summed E-state index contributed by atoms with van der Waals surface area (Å²) in [6, 6.07) is 5.20. The first kappa shape index (κ1) is 15.9. The molecule has 128 valence electrons. The van der Waals surface area contributed by atoms with Gasteiger partial charge in [-0.2, -0.15) is 0 Å². The lowest BCUT2D eigenvalue weighted by atomic mass is 9.84. The highest BCUT2D eigenvalue weighted by Crippen LogP contribution is 2.65. The molecular weight excluding hydrogens is 326 g/mol. The van der Waals surface area contributed by atoms with Gasteiger partial charge in [0.2, 0.25) is 5.91 Å². The minimum absolute atomic E-state index is 0.0281. The molecule has 0 radical (unpaired) electrons. The summed E-state index contributed by atoms with van der Waals surface area (Å²) in [5.74, 6) is 1.23. The number of carbonyl (C=O) groups excluding carboxylic acids is 2. The highest BCUT2D eigenvalue weighted by Gasteiger charge is 2.70. The lowest BCUT2D eigenvalue weighted by molar-refractivity contribution is -0.125. The molecule has 3 aliphatic rings. The first-order valence-electron chi connectivity index (χ1n) is 8.54. The Morgan fingerprint density at radius 1 is 1.38 bits per heavy atom. The number of Topliss-reactive ketones (excluding diaryl/α,β-unsaturated/α-hetero) is 1. The number of hydrogen-bond donors (Lipinski definition) is 1. The van der Waals surface area contributed by atoms with Crippen LogP contribution < -0.4 is 10.1 Å². The normalized spacial score (nSPS) is 33.7. The molecule has 4 atom stereocenters. The number of ketones is 1. The van der Waals surface area contributed by atoms with Crippen molar-refractivity contribution >= 4 is 23.3 Å². The Labute approximate surface area is 146 Å². The van der Waals surface area contributed by atoms with E-state index in [1.165, 1.54) is 0 Å². The Balaban J connectivity index is 1.58. The molecular formula is C19H22ClNO3. The highest BCUT2D eigenvalue weighted by molar-refractivity contribution is 6.31. The van der Waals surface area contributed by atoms with Crippen LogP contribution in [-0.2, 0) is 4.79 Å². The van der Waals surface area contributed by atoms with Gasteiger partial charge in [-0.15, -0.1) is 0 Å². The fourth-order valence-electron chi connectivity index (χ4n) is 4.59. The van der Waals surface area contributed by atoms with Gasteiger partial charge in [-0.25, -0.2) is 0 Å².